The Morgan fingerprint density at radius 2 is 1.85 bits per heavy atom. The summed E-state index contributed by atoms with van der Waals surface area (Å²) >= 11 is 1.46. The zero-order valence-electron chi connectivity index (χ0n) is 19.0. The number of aromatic nitrogens is 2. The molecule has 4 heterocycles. The molecular formula is C23H30N6O3S. The SMILES string of the molecule is COc1cccc(N2CCN(C(=O)C3CCCN(c4nnc(N5CCCC5=O)s4)C3)CC2)c1. The Morgan fingerprint density at radius 1 is 1.03 bits per heavy atom. The molecule has 1 aromatic heterocycles. The van der Waals surface area contributed by atoms with Gasteiger partial charge in [0.2, 0.25) is 22.1 Å². The van der Waals surface area contributed by atoms with E-state index in [1.807, 2.05) is 23.1 Å². The molecule has 1 aromatic carbocycles. The molecule has 0 N–H and O–H groups in total. The quantitative estimate of drug-likeness (QED) is 0.663. The predicted octanol–water partition coefficient (Wildman–Crippen LogP) is 2.24. The lowest BCUT2D eigenvalue weighted by Gasteiger charge is -2.39. The molecule has 3 fully saturated rings. The van der Waals surface area contributed by atoms with Gasteiger partial charge in [0.25, 0.3) is 0 Å². The summed E-state index contributed by atoms with van der Waals surface area (Å²) in [7, 11) is 1.68. The molecule has 10 heteroatoms. The minimum absolute atomic E-state index is 0.0251. The van der Waals surface area contributed by atoms with Crippen LogP contribution in [0.1, 0.15) is 25.7 Å². The molecule has 3 aliphatic heterocycles. The van der Waals surface area contributed by atoms with Crippen molar-refractivity contribution in [1.29, 1.82) is 0 Å². The van der Waals surface area contributed by atoms with Crippen LogP contribution >= 0.6 is 11.3 Å². The van der Waals surface area contributed by atoms with E-state index in [1.54, 1.807) is 12.0 Å². The molecule has 3 saturated heterocycles. The van der Waals surface area contributed by atoms with Crippen LogP contribution in [0.3, 0.4) is 0 Å². The summed E-state index contributed by atoms with van der Waals surface area (Å²) in [5.74, 6) is 1.19. The lowest BCUT2D eigenvalue weighted by Crippen LogP contribution is -2.52. The third-order valence-corrected chi connectivity index (χ3v) is 7.77. The minimum Gasteiger partial charge on any atom is -0.497 e. The van der Waals surface area contributed by atoms with Crippen molar-refractivity contribution in [2.45, 2.75) is 25.7 Å². The first-order valence-corrected chi connectivity index (χ1v) is 12.5. The van der Waals surface area contributed by atoms with Gasteiger partial charge in [-0.15, -0.1) is 10.2 Å². The van der Waals surface area contributed by atoms with Gasteiger partial charge in [0.1, 0.15) is 5.75 Å². The minimum atomic E-state index is -0.0251. The highest BCUT2D eigenvalue weighted by Gasteiger charge is 2.33. The first-order valence-electron chi connectivity index (χ1n) is 11.7. The zero-order valence-corrected chi connectivity index (χ0v) is 19.8. The maximum absolute atomic E-state index is 13.3. The van der Waals surface area contributed by atoms with Gasteiger partial charge in [0.05, 0.1) is 13.0 Å². The number of hydrogen-bond acceptors (Lipinski definition) is 8. The molecule has 33 heavy (non-hydrogen) atoms. The van der Waals surface area contributed by atoms with E-state index in [4.69, 9.17) is 4.74 Å². The number of anilines is 3. The lowest BCUT2D eigenvalue weighted by molar-refractivity contribution is -0.136. The third kappa shape index (κ3) is 4.62. The fraction of sp³-hybridized carbons (Fsp3) is 0.565. The van der Waals surface area contributed by atoms with Crippen LogP contribution in [0.15, 0.2) is 24.3 Å². The Balaban J connectivity index is 1.18. The molecule has 2 amide bonds. The number of piperidine rings is 1. The summed E-state index contributed by atoms with van der Waals surface area (Å²) in [6.07, 6.45) is 3.32. The van der Waals surface area contributed by atoms with Gasteiger partial charge < -0.3 is 19.4 Å². The van der Waals surface area contributed by atoms with Crippen LogP contribution in [-0.4, -0.2) is 79.8 Å². The molecule has 0 aliphatic carbocycles. The number of hydrogen-bond donors (Lipinski definition) is 0. The molecule has 1 atom stereocenters. The molecule has 0 saturated carbocycles. The van der Waals surface area contributed by atoms with Crippen molar-refractivity contribution in [3.05, 3.63) is 24.3 Å². The van der Waals surface area contributed by atoms with Crippen LogP contribution in [-0.2, 0) is 9.59 Å². The van der Waals surface area contributed by atoms with Crippen LogP contribution in [0, 0.1) is 5.92 Å². The summed E-state index contributed by atoms with van der Waals surface area (Å²) in [6.45, 7) is 5.35. The summed E-state index contributed by atoms with van der Waals surface area (Å²) in [4.78, 5) is 33.5. The van der Waals surface area contributed by atoms with Crippen LogP contribution < -0.4 is 19.4 Å². The summed E-state index contributed by atoms with van der Waals surface area (Å²) in [5.41, 5.74) is 1.13. The van der Waals surface area contributed by atoms with Crippen LogP contribution in [0.25, 0.3) is 0 Å². The average Bonchev–Trinajstić information content (AvgIpc) is 3.53. The number of piperazine rings is 1. The highest BCUT2D eigenvalue weighted by atomic mass is 32.1. The van der Waals surface area contributed by atoms with Gasteiger partial charge in [-0.2, -0.15) is 0 Å². The molecule has 3 aliphatic rings. The number of nitrogens with zero attached hydrogens (tertiary/aromatic N) is 6. The second-order valence-corrected chi connectivity index (χ2v) is 9.75. The number of rotatable bonds is 5. The Bertz CT molecular complexity index is 1010. The van der Waals surface area contributed by atoms with E-state index < -0.39 is 0 Å². The van der Waals surface area contributed by atoms with E-state index in [0.29, 0.717) is 18.1 Å². The van der Waals surface area contributed by atoms with Crippen molar-refractivity contribution in [3.63, 3.8) is 0 Å². The van der Waals surface area contributed by atoms with Crippen molar-refractivity contribution < 1.29 is 14.3 Å². The lowest BCUT2D eigenvalue weighted by atomic mass is 9.96. The van der Waals surface area contributed by atoms with E-state index in [0.717, 1.165) is 75.1 Å². The Morgan fingerprint density at radius 3 is 2.61 bits per heavy atom. The molecule has 176 valence electrons. The summed E-state index contributed by atoms with van der Waals surface area (Å²) < 4.78 is 5.34. The smallest absolute Gasteiger partial charge is 0.228 e. The van der Waals surface area contributed by atoms with Crippen LogP contribution in [0.4, 0.5) is 16.0 Å². The average molecular weight is 471 g/mol. The molecule has 0 radical (unpaired) electrons. The van der Waals surface area contributed by atoms with Crippen molar-refractivity contribution in [2.24, 2.45) is 5.92 Å². The van der Waals surface area contributed by atoms with Gasteiger partial charge in [0.15, 0.2) is 0 Å². The molecule has 0 bridgehead atoms. The summed E-state index contributed by atoms with van der Waals surface area (Å²) in [5, 5.41) is 10.1. The van der Waals surface area contributed by atoms with Crippen molar-refractivity contribution in [3.8, 4) is 5.75 Å². The molecular weight excluding hydrogens is 440 g/mol. The number of carbonyl (C=O) groups is 2. The van der Waals surface area contributed by atoms with Gasteiger partial charge in [0, 0.05) is 64.0 Å². The predicted molar refractivity (Wildman–Crippen MR) is 128 cm³/mol. The zero-order chi connectivity index (χ0) is 22.8. The number of carbonyl (C=O) groups excluding carboxylic acids is 2. The molecule has 2 aromatic rings. The van der Waals surface area contributed by atoms with Gasteiger partial charge in [-0.25, -0.2) is 0 Å². The maximum atomic E-state index is 13.3. The standard InChI is InChI=1S/C23H30N6O3S/c1-32-19-7-2-6-18(15-19)26-11-13-27(14-12-26)21(31)17-5-3-9-28(16-17)22-24-25-23(33-22)29-10-4-8-20(29)30/h2,6-7,15,17H,3-5,8-14,16H2,1H3. The third-order valence-electron chi connectivity index (χ3n) is 6.76. The van der Waals surface area contributed by atoms with Gasteiger partial charge in [-0.1, -0.05) is 17.4 Å². The van der Waals surface area contributed by atoms with E-state index in [-0.39, 0.29) is 17.7 Å². The van der Waals surface area contributed by atoms with Gasteiger partial charge >= 0.3 is 0 Å². The Labute approximate surface area is 197 Å². The van der Waals surface area contributed by atoms with E-state index in [2.05, 4.69) is 26.1 Å². The molecule has 9 nitrogen and oxygen atoms in total. The second kappa shape index (κ2) is 9.54. The van der Waals surface area contributed by atoms with Gasteiger partial charge in [-0.3, -0.25) is 14.5 Å². The first-order chi connectivity index (χ1) is 16.1. The second-order valence-electron chi connectivity index (χ2n) is 8.82. The largest absolute Gasteiger partial charge is 0.497 e. The van der Waals surface area contributed by atoms with Crippen molar-refractivity contribution in [1.82, 2.24) is 15.1 Å². The highest BCUT2D eigenvalue weighted by molar-refractivity contribution is 7.19. The fourth-order valence-corrected chi connectivity index (χ4v) is 5.82. The maximum Gasteiger partial charge on any atom is 0.228 e. The van der Waals surface area contributed by atoms with Crippen molar-refractivity contribution >= 4 is 39.1 Å². The van der Waals surface area contributed by atoms with Crippen molar-refractivity contribution in [2.75, 3.05) is 67.6 Å². The van der Waals surface area contributed by atoms with E-state index >= 15 is 0 Å². The molecule has 0 spiro atoms. The number of ether oxygens (including phenoxy) is 1. The molecule has 1 unspecified atom stereocenters. The number of methoxy groups -OCH3 is 1. The topological polar surface area (TPSA) is 82.1 Å². The van der Waals surface area contributed by atoms with Crippen LogP contribution in [0.2, 0.25) is 0 Å². The Hall–Kier alpha value is -2.88. The highest BCUT2D eigenvalue weighted by Crippen LogP contribution is 2.33. The van der Waals surface area contributed by atoms with E-state index in [1.165, 1.54) is 11.3 Å². The normalized spacial score (nSPS) is 21.6. The van der Waals surface area contributed by atoms with Gasteiger partial charge in [-0.05, 0) is 31.4 Å². The van der Waals surface area contributed by atoms with Crippen LogP contribution in [0.5, 0.6) is 5.75 Å². The Kier molecular flexibility index (Phi) is 6.34. The van der Waals surface area contributed by atoms with E-state index in [9.17, 15) is 9.59 Å². The summed E-state index contributed by atoms with van der Waals surface area (Å²) in [6, 6.07) is 8.08. The number of benzene rings is 1. The monoisotopic (exact) mass is 470 g/mol. The fourth-order valence-electron chi connectivity index (χ4n) is 4.90. The molecule has 5 rings (SSSR count). The number of amides is 2. The first kappa shape index (κ1) is 21.9.